The van der Waals surface area contributed by atoms with Crippen molar-refractivity contribution in [1.29, 1.82) is 0 Å². The van der Waals surface area contributed by atoms with Gasteiger partial charge in [0.15, 0.2) is 0 Å². The lowest BCUT2D eigenvalue weighted by Crippen LogP contribution is -2.36. The number of non-ortho nitro benzene ring substituents is 1. The first-order valence-electron chi connectivity index (χ1n) is 10.8. The van der Waals surface area contributed by atoms with Gasteiger partial charge in [-0.1, -0.05) is 0 Å². The maximum atomic E-state index is 13.4. The number of hydrogen-bond donors (Lipinski definition) is 1. The van der Waals surface area contributed by atoms with Crippen LogP contribution in [0, 0.1) is 10.1 Å². The van der Waals surface area contributed by atoms with Gasteiger partial charge < -0.3 is 19.9 Å². The average molecular weight is 491 g/mol. The first kappa shape index (κ1) is 24.4. The van der Waals surface area contributed by atoms with Crippen molar-refractivity contribution >= 4 is 34.2 Å². The van der Waals surface area contributed by atoms with E-state index in [2.05, 4.69) is 25.2 Å². The zero-order chi connectivity index (χ0) is 25.3. The molecule has 2 aromatic heterocycles. The minimum Gasteiger partial charge on any atom is -0.378 e. The number of aromatic nitrogens is 3. The quantitative estimate of drug-likeness (QED) is 0.404. The molecular weight excluding hydrogens is 467 g/mol. The van der Waals surface area contributed by atoms with Gasteiger partial charge in [-0.25, -0.2) is 9.97 Å². The van der Waals surface area contributed by atoms with Crippen LogP contribution in [0.5, 0.6) is 0 Å². The SMILES string of the molecule is C[C@@H](Nc1nc(N(C)C)nc2cnc(N3CCOCC3)cc12)c1cc([N+](=O)[O-])cc(C(F)(F)F)c1. The van der Waals surface area contributed by atoms with Gasteiger partial charge in [0.1, 0.15) is 11.6 Å². The highest BCUT2D eigenvalue weighted by molar-refractivity contribution is 5.91. The number of benzene rings is 1. The van der Waals surface area contributed by atoms with Gasteiger partial charge in [-0.2, -0.15) is 18.2 Å². The van der Waals surface area contributed by atoms with Gasteiger partial charge in [0, 0.05) is 44.7 Å². The smallest absolute Gasteiger partial charge is 0.378 e. The molecule has 3 aromatic rings. The van der Waals surface area contributed by atoms with E-state index in [1.54, 1.807) is 32.1 Å². The molecular formula is C22H24F3N7O3. The van der Waals surface area contributed by atoms with E-state index in [9.17, 15) is 23.3 Å². The van der Waals surface area contributed by atoms with Crippen LogP contribution >= 0.6 is 0 Å². The number of alkyl halides is 3. The third-order valence-corrected chi connectivity index (χ3v) is 5.62. The molecule has 35 heavy (non-hydrogen) atoms. The number of nitrogens with zero attached hydrogens (tertiary/aromatic N) is 6. The Balaban J connectivity index is 1.76. The van der Waals surface area contributed by atoms with E-state index in [0.29, 0.717) is 60.9 Å². The van der Waals surface area contributed by atoms with E-state index in [0.717, 1.165) is 12.1 Å². The minimum atomic E-state index is -4.72. The number of morpholine rings is 1. The zero-order valence-electron chi connectivity index (χ0n) is 19.3. The molecule has 0 saturated carbocycles. The second-order valence-corrected chi connectivity index (χ2v) is 8.36. The normalized spacial score (nSPS) is 15.2. The van der Waals surface area contributed by atoms with E-state index in [-0.39, 0.29) is 5.56 Å². The number of rotatable bonds is 6. The molecule has 0 radical (unpaired) electrons. The predicted molar refractivity (Wildman–Crippen MR) is 125 cm³/mol. The summed E-state index contributed by atoms with van der Waals surface area (Å²) in [4.78, 5) is 27.8. The Labute approximate surface area is 198 Å². The summed E-state index contributed by atoms with van der Waals surface area (Å²) in [6.07, 6.45) is -3.10. The second kappa shape index (κ2) is 9.49. The molecule has 1 aromatic carbocycles. The van der Waals surface area contributed by atoms with Crippen molar-refractivity contribution in [3.8, 4) is 0 Å². The largest absolute Gasteiger partial charge is 0.416 e. The standard InChI is InChI=1S/C22H24F3N7O3/c1-13(14-8-15(22(23,24)25)10-16(9-14)32(33)34)27-20-17-11-19(31-4-6-35-7-5-31)26-12-18(17)28-21(29-20)30(2)3/h8-13H,4-7H2,1-3H3,(H,27,28,29)/t13-/m1/s1. The number of anilines is 3. The van der Waals surface area contributed by atoms with Crippen molar-refractivity contribution < 1.29 is 22.8 Å². The Morgan fingerprint density at radius 2 is 1.89 bits per heavy atom. The molecule has 3 heterocycles. The Bertz CT molecular complexity index is 1250. The van der Waals surface area contributed by atoms with Crippen molar-refractivity contribution in [3.63, 3.8) is 0 Å². The van der Waals surface area contributed by atoms with Gasteiger partial charge in [0.2, 0.25) is 5.95 Å². The molecule has 0 unspecified atom stereocenters. The Morgan fingerprint density at radius 1 is 1.17 bits per heavy atom. The predicted octanol–water partition coefficient (Wildman–Crippen LogP) is 4.03. The number of nitrogens with one attached hydrogen (secondary N) is 1. The van der Waals surface area contributed by atoms with E-state index in [1.165, 1.54) is 0 Å². The van der Waals surface area contributed by atoms with Gasteiger partial charge in [-0.3, -0.25) is 10.1 Å². The number of halogens is 3. The summed E-state index contributed by atoms with van der Waals surface area (Å²) in [6.45, 7) is 4.11. The van der Waals surface area contributed by atoms with Crippen LogP contribution in [0.15, 0.2) is 30.5 Å². The second-order valence-electron chi connectivity index (χ2n) is 8.36. The third-order valence-electron chi connectivity index (χ3n) is 5.62. The van der Waals surface area contributed by atoms with Crippen molar-refractivity contribution in [1.82, 2.24) is 15.0 Å². The molecule has 0 spiro atoms. The van der Waals surface area contributed by atoms with Crippen LogP contribution < -0.4 is 15.1 Å². The van der Waals surface area contributed by atoms with E-state index >= 15 is 0 Å². The molecule has 0 bridgehead atoms. The van der Waals surface area contributed by atoms with Gasteiger partial charge in [0.25, 0.3) is 5.69 Å². The highest BCUT2D eigenvalue weighted by Gasteiger charge is 2.33. The first-order valence-corrected chi connectivity index (χ1v) is 10.8. The highest BCUT2D eigenvalue weighted by Crippen LogP contribution is 2.35. The molecule has 1 aliphatic heterocycles. The maximum Gasteiger partial charge on any atom is 0.416 e. The number of pyridine rings is 1. The van der Waals surface area contributed by atoms with Crippen molar-refractivity contribution in [3.05, 3.63) is 51.7 Å². The van der Waals surface area contributed by atoms with Crippen molar-refractivity contribution in [2.24, 2.45) is 0 Å². The van der Waals surface area contributed by atoms with Gasteiger partial charge in [-0.05, 0) is 24.6 Å². The molecule has 1 saturated heterocycles. The maximum absolute atomic E-state index is 13.4. The molecule has 0 amide bonds. The monoisotopic (exact) mass is 491 g/mol. The molecule has 0 aliphatic carbocycles. The lowest BCUT2D eigenvalue weighted by atomic mass is 10.0. The Hall–Kier alpha value is -3.74. The van der Waals surface area contributed by atoms with Crippen molar-refractivity contribution in [2.45, 2.75) is 19.1 Å². The molecule has 10 nitrogen and oxygen atoms in total. The zero-order valence-corrected chi connectivity index (χ0v) is 19.3. The molecule has 186 valence electrons. The topological polar surface area (TPSA) is 110 Å². The summed E-state index contributed by atoms with van der Waals surface area (Å²) in [5.74, 6) is 1.46. The highest BCUT2D eigenvalue weighted by atomic mass is 19.4. The fourth-order valence-electron chi connectivity index (χ4n) is 3.73. The van der Waals surface area contributed by atoms with E-state index < -0.39 is 28.4 Å². The summed E-state index contributed by atoms with van der Waals surface area (Å²) >= 11 is 0. The minimum absolute atomic E-state index is 0.104. The fourth-order valence-corrected chi connectivity index (χ4v) is 3.73. The number of ether oxygens (including phenoxy) is 1. The summed E-state index contributed by atoms with van der Waals surface area (Å²) in [5, 5.41) is 15.0. The van der Waals surface area contributed by atoms with Gasteiger partial charge in [-0.15, -0.1) is 0 Å². The number of nitro groups is 1. The summed E-state index contributed by atoms with van der Waals surface area (Å²) in [7, 11) is 3.53. The van der Waals surface area contributed by atoms with Crippen LogP contribution in [0.3, 0.4) is 0 Å². The van der Waals surface area contributed by atoms with Crippen LogP contribution in [0.25, 0.3) is 10.9 Å². The molecule has 13 heteroatoms. The number of hydrogen-bond acceptors (Lipinski definition) is 9. The first-order chi connectivity index (χ1) is 16.5. The van der Waals surface area contributed by atoms with Crippen LogP contribution in [0.4, 0.5) is 36.4 Å². The molecule has 1 N–H and O–H groups in total. The van der Waals surface area contributed by atoms with E-state index in [1.807, 2.05) is 6.07 Å². The van der Waals surface area contributed by atoms with E-state index in [4.69, 9.17) is 4.74 Å². The number of nitro benzene ring substituents is 1. The Morgan fingerprint density at radius 3 is 2.51 bits per heavy atom. The van der Waals surface area contributed by atoms with Crippen LogP contribution in [0.1, 0.15) is 24.1 Å². The van der Waals surface area contributed by atoms with Crippen LogP contribution in [-0.2, 0) is 10.9 Å². The van der Waals surface area contributed by atoms with Crippen molar-refractivity contribution in [2.75, 3.05) is 55.5 Å². The van der Waals surface area contributed by atoms with Gasteiger partial charge in [0.05, 0.1) is 41.5 Å². The molecule has 1 atom stereocenters. The van der Waals surface area contributed by atoms with Crippen LogP contribution in [-0.4, -0.2) is 60.3 Å². The lowest BCUT2D eigenvalue weighted by molar-refractivity contribution is -0.385. The summed E-state index contributed by atoms with van der Waals surface area (Å²) < 4.78 is 45.5. The molecule has 1 aliphatic rings. The summed E-state index contributed by atoms with van der Waals surface area (Å²) in [6, 6.07) is 3.65. The number of fused-ring (bicyclic) bond motifs is 1. The summed E-state index contributed by atoms with van der Waals surface area (Å²) in [5.41, 5.74) is -1.07. The molecule has 4 rings (SSSR count). The lowest BCUT2D eigenvalue weighted by Gasteiger charge is -2.28. The van der Waals surface area contributed by atoms with Gasteiger partial charge >= 0.3 is 6.18 Å². The average Bonchev–Trinajstić information content (AvgIpc) is 2.83. The van der Waals surface area contributed by atoms with Crippen LogP contribution in [0.2, 0.25) is 0 Å². The fraction of sp³-hybridized carbons (Fsp3) is 0.409. The molecule has 1 fully saturated rings. The third kappa shape index (κ3) is 5.34. The Kier molecular flexibility index (Phi) is 6.61.